The summed E-state index contributed by atoms with van der Waals surface area (Å²) < 4.78 is 61.3. The van der Waals surface area contributed by atoms with Crippen molar-refractivity contribution in [3.8, 4) is 0 Å². The number of hydrogen-bond donors (Lipinski definition) is 2. The van der Waals surface area contributed by atoms with E-state index in [-0.39, 0.29) is 19.0 Å². The number of aliphatic imine (C=N–C) groups is 1. The van der Waals surface area contributed by atoms with Crippen molar-refractivity contribution in [2.45, 2.75) is 31.8 Å². The molecule has 1 aromatic carbocycles. The summed E-state index contributed by atoms with van der Waals surface area (Å²) in [5.41, 5.74) is -4.25. The maximum Gasteiger partial charge on any atom is 0.511 e. The molecular formula is C17H24ClF3N4O2S. The predicted octanol–water partition coefficient (Wildman–Crippen LogP) is 2.96. The first-order chi connectivity index (χ1) is 13.1. The number of hydrogen-bond acceptors (Lipinski definition) is 3. The maximum atomic E-state index is 12.6. The molecular weight excluding hydrogens is 417 g/mol. The third-order valence-electron chi connectivity index (χ3n) is 4.44. The van der Waals surface area contributed by atoms with E-state index in [1.807, 2.05) is 19.1 Å². The van der Waals surface area contributed by atoms with Gasteiger partial charge in [-0.05, 0) is 43.4 Å². The van der Waals surface area contributed by atoms with Crippen LogP contribution in [0.1, 0.15) is 25.3 Å². The zero-order valence-electron chi connectivity index (χ0n) is 15.5. The van der Waals surface area contributed by atoms with E-state index in [0.717, 1.165) is 5.56 Å². The summed E-state index contributed by atoms with van der Waals surface area (Å²) in [6.07, 6.45) is 0.720. The molecule has 0 spiro atoms. The van der Waals surface area contributed by atoms with Gasteiger partial charge in [0, 0.05) is 31.2 Å². The molecule has 1 saturated heterocycles. The summed E-state index contributed by atoms with van der Waals surface area (Å²) in [4.78, 5) is 4.48. The second-order valence-electron chi connectivity index (χ2n) is 6.50. The van der Waals surface area contributed by atoms with Crippen LogP contribution in [0.2, 0.25) is 5.02 Å². The molecule has 0 amide bonds. The molecule has 1 heterocycles. The smallest absolute Gasteiger partial charge is 0.357 e. The van der Waals surface area contributed by atoms with Crippen molar-refractivity contribution in [3.05, 3.63) is 34.9 Å². The number of benzene rings is 1. The van der Waals surface area contributed by atoms with Crippen LogP contribution < -0.4 is 10.6 Å². The third kappa shape index (κ3) is 6.25. The minimum Gasteiger partial charge on any atom is -0.357 e. The summed E-state index contributed by atoms with van der Waals surface area (Å²) in [5, 5.41) is 6.94. The number of piperidine rings is 1. The van der Waals surface area contributed by atoms with E-state index in [4.69, 9.17) is 11.6 Å². The van der Waals surface area contributed by atoms with Crippen LogP contribution in [-0.2, 0) is 16.6 Å². The topological polar surface area (TPSA) is 73.8 Å². The van der Waals surface area contributed by atoms with Crippen LogP contribution in [0.15, 0.2) is 29.3 Å². The van der Waals surface area contributed by atoms with Crippen molar-refractivity contribution in [1.29, 1.82) is 0 Å². The normalized spacial score (nSPS) is 17.5. The zero-order chi connectivity index (χ0) is 20.8. The Morgan fingerprint density at radius 3 is 2.36 bits per heavy atom. The van der Waals surface area contributed by atoms with Crippen LogP contribution in [-0.4, -0.2) is 50.4 Å². The summed E-state index contributed by atoms with van der Waals surface area (Å²) in [7, 11) is -5.24. The van der Waals surface area contributed by atoms with E-state index in [2.05, 4.69) is 15.6 Å². The lowest BCUT2D eigenvalue weighted by molar-refractivity contribution is -0.0496. The van der Waals surface area contributed by atoms with E-state index in [9.17, 15) is 21.6 Å². The van der Waals surface area contributed by atoms with E-state index >= 15 is 0 Å². The Morgan fingerprint density at radius 2 is 1.82 bits per heavy atom. The number of nitrogens with zero attached hydrogens (tertiary/aromatic N) is 2. The third-order valence-corrected chi connectivity index (χ3v) is 6.32. The lowest BCUT2D eigenvalue weighted by atomic mass is 9.98. The molecule has 1 aromatic rings. The van der Waals surface area contributed by atoms with Gasteiger partial charge in [0.2, 0.25) is 0 Å². The van der Waals surface area contributed by atoms with Gasteiger partial charge >= 0.3 is 15.5 Å². The molecule has 158 valence electrons. The summed E-state index contributed by atoms with van der Waals surface area (Å²) in [6.45, 7) is 3.29. The predicted molar refractivity (Wildman–Crippen MR) is 104 cm³/mol. The fraction of sp³-hybridized carbons (Fsp3) is 0.588. The fourth-order valence-corrected chi connectivity index (χ4v) is 3.95. The van der Waals surface area contributed by atoms with Crippen molar-refractivity contribution in [2.75, 3.05) is 26.2 Å². The Hall–Kier alpha value is -1.52. The van der Waals surface area contributed by atoms with Crippen molar-refractivity contribution in [1.82, 2.24) is 14.9 Å². The van der Waals surface area contributed by atoms with Gasteiger partial charge in [-0.15, -0.1) is 0 Å². The Balaban J connectivity index is 1.86. The van der Waals surface area contributed by atoms with Gasteiger partial charge in [-0.3, -0.25) is 0 Å². The van der Waals surface area contributed by atoms with Gasteiger partial charge in [0.15, 0.2) is 5.96 Å². The largest absolute Gasteiger partial charge is 0.511 e. The molecule has 0 aromatic heterocycles. The van der Waals surface area contributed by atoms with Crippen LogP contribution in [0.3, 0.4) is 0 Å². The van der Waals surface area contributed by atoms with E-state index in [1.54, 1.807) is 12.1 Å². The number of rotatable bonds is 6. The van der Waals surface area contributed by atoms with E-state index in [1.165, 1.54) is 0 Å². The van der Waals surface area contributed by atoms with Gasteiger partial charge < -0.3 is 10.6 Å². The van der Waals surface area contributed by atoms with Crippen LogP contribution in [0.5, 0.6) is 0 Å². The van der Waals surface area contributed by atoms with Crippen molar-refractivity contribution in [2.24, 2.45) is 10.9 Å². The average Bonchev–Trinajstić information content (AvgIpc) is 2.65. The molecule has 0 saturated carbocycles. The van der Waals surface area contributed by atoms with Crippen LogP contribution in [0, 0.1) is 5.92 Å². The SMILES string of the molecule is CCNC(=NCc1ccc(Cl)cc1)NCC1CCN(S(=O)(=O)C(F)(F)F)CC1. The van der Waals surface area contributed by atoms with Gasteiger partial charge in [-0.25, -0.2) is 13.4 Å². The Labute approximate surface area is 168 Å². The minimum atomic E-state index is -5.25. The molecule has 2 N–H and O–H groups in total. The van der Waals surface area contributed by atoms with Crippen molar-refractivity contribution in [3.63, 3.8) is 0 Å². The van der Waals surface area contributed by atoms with Crippen LogP contribution in [0.25, 0.3) is 0 Å². The molecule has 0 bridgehead atoms. The monoisotopic (exact) mass is 440 g/mol. The van der Waals surface area contributed by atoms with E-state index < -0.39 is 15.5 Å². The second kappa shape index (κ2) is 9.80. The second-order valence-corrected chi connectivity index (χ2v) is 8.86. The van der Waals surface area contributed by atoms with Crippen LogP contribution in [0.4, 0.5) is 13.2 Å². The molecule has 0 aliphatic carbocycles. The Kier molecular flexibility index (Phi) is 7.97. The molecule has 0 unspecified atom stereocenters. The van der Waals surface area contributed by atoms with Gasteiger partial charge in [0.25, 0.3) is 0 Å². The highest BCUT2D eigenvalue weighted by molar-refractivity contribution is 7.90. The Morgan fingerprint density at radius 1 is 1.21 bits per heavy atom. The quantitative estimate of drug-likeness (QED) is 0.527. The first-order valence-electron chi connectivity index (χ1n) is 8.96. The molecule has 2 rings (SSSR count). The number of sulfonamides is 1. The lowest BCUT2D eigenvalue weighted by Crippen LogP contribution is -2.47. The molecule has 0 radical (unpaired) electrons. The number of guanidine groups is 1. The fourth-order valence-electron chi connectivity index (χ4n) is 2.84. The van der Waals surface area contributed by atoms with Gasteiger partial charge in [-0.2, -0.15) is 17.5 Å². The number of alkyl halides is 3. The van der Waals surface area contributed by atoms with Crippen molar-refractivity contribution >= 4 is 27.6 Å². The highest BCUT2D eigenvalue weighted by Gasteiger charge is 2.50. The molecule has 0 atom stereocenters. The van der Waals surface area contributed by atoms with E-state index in [0.29, 0.717) is 47.8 Å². The average molecular weight is 441 g/mol. The lowest BCUT2D eigenvalue weighted by Gasteiger charge is -2.31. The molecule has 1 fully saturated rings. The summed E-state index contributed by atoms with van der Waals surface area (Å²) in [5.74, 6) is 0.668. The molecule has 1 aliphatic heterocycles. The minimum absolute atomic E-state index is 0.0686. The highest BCUT2D eigenvalue weighted by Crippen LogP contribution is 2.30. The van der Waals surface area contributed by atoms with Gasteiger partial charge in [0.05, 0.1) is 6.54 Å². The molecule has 11 heteroatoms. The first-order valence-corrected chi connectivity index (χ1v) is 10.8. The standard InChI is InChI=1S/C17H24ClF3N4O2S/c1-2-22-16(23-11-13-3-5-15(18)6-4-13)24-12-14-7-9-25(10-8-14)28(26,27)17(19,20)21/h3-6,14H,2,7-12H2,1H3,(H2,22,23,24). The molecule has 1 aliphatic rings. The maximum absolute atomic E-state index is 12.6. The Bertz CT molecular complexity index is 762. The summed E-state index contributed by atoms with van der Waals surface area (Å²) in [6, 6.07) is 7.34. The summed E-state index contributed by atoms with van der Waals surface area (Å²) >= 11 is 5.86. The first kappa shape index (κ1) is 22.8. The molecule has 28 heavy (non-hydrogen) atoms. The van der Waals surface area contributed by atoms with Gasteiger partial charge in [0.1, 0.15) is 0 Å². The van der Waals surface area contributed by atoms with Crippen LogP contribution >= 0.6 is 11.6 Å². The van der Waals surface area contributed by atoms with Crippen molar-refractivity contribution < 1.29 is 21.6 Å². The zero-order valence-corrected chi connectivity index (χ0v) is 17.0. The highest BCUT2D eigenvalue weighted by atomic mass is 35.5. The van der Waals surface area contributed by atoms with Gasteiger partial charge in [-0.1, -0.05) is 23.7 Å². The number of nitrogens with one attached hydrogen (secondary N) is 2. The number of halogens is 4. The molecule has 6 nitrogen and oxygen atoms in total.